The summed E-state index contributed by atoms with van der Waals surface area (Å²) in [5.74, 6) is 6.85. The Morgan fingerprint density at radius 1 is 1.09 bits per heavy atom. The number of ether oxygens (including phenoxy) is 1. The molecule has 0 radical (unpaired) electrons. The molecule has 2 aromatic carbocycles. The second-order valence-electron chi connectivity index (χ2n) is 8.50. The Morgan fingerprint density at radius 3 is 2.47 bits per heavy atom. The van der Waals surface area contributed by atoms with Gasteiger partial charge in [0.05, 0.1) is 31.4 Å². The minimum atomic E-state index is -0.535. The largest absolute Gasteiger partial charge is 0.495 e. The van der Waals surface area contributed by atoms with Crippen LogP contribution in [-0.4, -0.2) is 41.7 Å². The third-order valence-corrected chi connectivity index (χ3v) is 6.68. The zero-order chi connectivity index (χ0) is 22.5. The predicted molar refractivity (Wildman–Crippen MR) is 122 cm³/mol. The SMILES string of the molecule is COc1ccccc1C#Cc1ccc([C@H]2[C@@H](C#N)N(C(=O)C3CCCCC3)[C@H]2CO)cc1. The fourth-order valence-corrected chi connectivity index (χ4v) is 4.95. The van der Waals surface area contributed by atoms with Crippen molar-refractivity contribution < 1.29 is 14.6 Å². The third kappa shape index (κ3) is 4.22. The van der Waals surface area contributed by atoms with Crippen molar-refractivity contribution >= 4 is 5.91 Å². The lowest BCUT2D eigenvalue weighted by molar-refractivity contribution is -0.152. The summed E-state index contributed by atoms with van der Waals surface area (Å²) >= 11 is 0. The van der Waals surface area contributed by atoms with Gasteiger partial charge in [-0.1, -0.05) is 55.4 Å². The van der Waals surface area contributed by atoms with Crippen LogP contribution < -0.4 is 4.74 Å². The van der Waals surface area contributed by atoms with Crippen LogP contribution in [0.15, 0.2) is 48.5 Å². The molecule has 0 bridgehead atoms. The van der Waals surface area contributed by atoms with Gasteiger partial charge in [0.15, 0.2) is 0 Å². The average Bonchev–Trinajstić information content (AvgIpc) is 2.84. The number of hydrogen-bond donors (Lipinski definition) is 1. The van der Waals surface area contributed by atoms with Gasteiger partial charge in [-0.3, -0.25) is 4.79 Å². The van der Waals surface area contributed by atoms with E-state index in [1.165, 1.54) is 6.42 Å². The van der Waals surface area contributed by atoms with Crippen molar-refractivity contribution in [1.29, 1.82) is 5.26 Å². The number of para-hydroxylation sites is 1. The van der Waals surface area contributed by atoms with Gasteiger partial charge < -0.3 is 14.7 Å². The maximum absolute atomic E-state index is 13.1. The first-order valence-corrected chi connectivity index (χ1v) is 11.3. The van der Waals surface area contributed by atoms with Gasteiger partial charge in [-0.25, -0.2) is 0 Å². The molecule has 1 saturated heterocycles. The van der Waals surface area contributed by atoms with E-state index in [1.807, 2.05) is 48.5 Å². The van der Waals surface area contributed by atoms with Crippen LogP contribution in [0.2, 0.25) is 0 Å². The lowest BCUT2D eigenvalue weighted by Crippen LogP contribution is -2.66. The lowest BCUT2D eigenvalue weighted by Gasteiger charge is -2.52. The fraction of sp³-hybridized carbons (Fsp3) is 0.407. The van der Waals surface area contributed by atoms with Crippen molar-refractivity contribution in [3.8, 4) is 23.7 Å². The van der Waals surface area contributed by atoms with Gasteiger partial charge in [0.1, 0.15) is 11.8 Å². The van der Waals surface area contributed by atoms with E-state index < -0.39 is 6.04 Å². The van der Waals surface area contributed by atoms with Gasteiger partial charge in [-0.15, -0.1) is 0 Å². The Labute approximate surface area is 189 Å². The zero-order valence-electron chi connectivity index (χ0n) is 18.3. The number of carbonyl (C=O) groups is 1. The Kier molecular flexibility index (Phi) is 6.78. The van der Waals surface area contributed by atoms with Crippen molar-refractivity contribution in [1.82, 2.24) is 4.90 Å². The number of hydrogen-bond acceptors (Lipinski definition) is 4. The van der Waals surface area contributed by atoms with E-state index in [9.17, 15) is 15.2 Å². The molecule has 2 aromatic rings. The van der Waals surface area contributed by atoms with Crippen LogP contribution in [0, 0.1) is 29.1 Å². The van der Waals surface area contributed by atoms with Gasteiger partial charge in [-0.2, -0.15) is 5.26 Å². The predicted octanol–water partition coefficient (Wildman–Crippen LogP) is 3.85. The summed E-state index contributed by atoms with van der Waals surface area (Å²) in [4.78, 5) is 14.7. The molecule has 4 rings (SSSR count). The molecule has 1 aliphatic heterocycles. The molecule has 0 spiro atoms. The Hall–Kier alpha value is -3.28. The van der Waals surface area contributed by atoms with Crippen LogP contribution in [0.3, 0.4) is 0 Å². The second-order valence-corrected chi connectivity index (χ2v) is 8.50. The number of benzene rings is 2. The minimum absolute atomic E-state index is 0.0118. The fourth-order valence-electron chi connectivity index (χ4n) is 4.95. The number of amides is 1. The molecule has 1 amide bonds. The molecule has 1 saturated carbocycles. The monoisotopic (exact) mass is 428 g/mol. The Balaban J connectivity index is 1.50. The first-order chi connectivity index (χ1) is 15.7. The summed E-state index contributed by atoms with van der Waals surface area (Å²) in [5, 5.41) is 19.8. The molecular weight excluding hydrogens is 400 g/mol. The maximum atomic E-state index is 13.1. The molecular formula is C27H28N2O3. The van der Waals surface area contributed by atoms with Crippen LogP contribution in [0.25, 0.3) is 0 Å². The summed E-state index contributed by atoms with van der Waals surface area (Å²) < 4.78 is 5.34. The van der Waals surface area contributed by atoms with Crippen LogP contribution in [-0.2, 0) is 4.79 Å². The molecule has 5 nitrogen and oxygen atoms in total. The summed E-state index contributed by atoms with van der Waals surface area (Å²) in [5.41, 5.74) is 2.62. The lowest BCUT2D eigenvalue weighted by atomic mass is 9.74. The molecule has 1 aliphatic carbocycles. The topological polar surface area (TPSA) is 73.6 Å². The number of likely N-dealkylation sites (tertiary alicyclic amines) is 1. The number of aliphatic hydroxyl groups excluding tert-OH is 1. The molecule has 164 valence electrons. The molecule has 2 aliphatic rings. The first kappa shape index (κ1) is 21.9. The third-order valence-electron chi connectivity index (χ3n) is 6.68. The van der Waals surface area contributed by atoms with E-state index in [0.29, 0.717) is 0 Å². The van der Waals surface area contributed by atoms with E-state index >= 15 is 0 Å². The summed E-state index contributed by atoms with van der Waals surface area (Å²) in [6, 6.07) is 16.8. The van der Waals surface area contributed by atoms with E-state index in [2.05, 4.69) is 17.9 Å². The van der Waals surface area contributed by atoms with Gasteiger partial charge in [0, 0.05) is 17.4 Å². The van der Waals surface area contributed by atoms with Crippen LogP contribution >= 0.6 is 0 Å². The van der Waals surface area contributed by atoms with Gasteiger partial charge in [-0.05, 0) is 42.7 Å². The minimum Gasteiger partial charge on any atom is -0.495 e. The molecule has 32 heavy (non-hydrogen) atoms. The summed E-state index contributed by atoms with van der Waals surface area (Å²) in [7, 11) is 1.62. The summed E-state index contributed by atoms with van der Waals surface area (Å²) in [6.45, 7) is -0.142. The molecule has 1 heterocycles. The van der Waals surface area contributed by atoms with Gasteiger partial charge >= 0.3 is 0 Å². The maximum Gasteiger partial charge on any atom is 0.227 e. The number of nitriles is 1. The van der Waals surface area contributed by atoms with E-state index in [0.717, 1.165) is 48.1 Å². The molecule has 0 unspecified atom stereocenters. The standard InChI is InChI=1S/C27H28N2O3/c1-32-25-10-6-5-7-20(25)14-11-19-12-15-21(16-13-19)26-23(17-28)29(24(26)18-30)27(31)22-8-3-2-4-9-22/h5-7,10,12-13,15-16,22-24,26,30H,2-4,8-9,18H2,1H3/t23-,24+,26+/m1/s1. The number of nitrogens with zero attached hydrogens (tertiary/aromatic N) is 2. The highest BCUT2D eigenvalue weighted by Crippen LogP contribution is 2.42. The normalized spacial score (nSPS) is 22.8. The quantitative estimate of drug-likeness (QED) is 0.751. The number of carbonyl (C=O) groups excluding carboxylic acids is 1. The second kappa shape index (κ2) is 9.90. The summed E-state index contributed by atoms with van der Waals surface area (Å²) in [6.07, 6.45) is 5.06. The van der Waals surface area contributed by atoms with E-state index in [4.69, 9.17) is 4.74 Å². The van der Waals surface area contributed by atoms with Crippen molar-refractivity contribution in [2.75, 3.05) is 13.7 Å². The van der Waals surface area contributed by atoms with Gasteiger partial charge in [0.2, 0.25) is 5.91 Å². The van der Waals surface area contributed by atoms with Crippen molar-refractivity contribution in [2.45, 2.75) is 50.1 Å². The van der Waals surface area contributed by atoms with Crippen LogP contribution in [0.1, 0.15) is 54.7 Å². The van der Waals surface area contributed by atoms with Gasteiger partial charge in [0.25, 0.3) is 0 Å². The Bertz CT molecular complexity index is 1050. The highest BCUT2D eigenvalue weighted by atomic mass is 16.5. The number of aliphatic hydroxyl groups is 1. The van der Waals surface area contributed by atoms with E-state index in [1.54, 1.807) is 12.0 Å². The smallest absolute Gasteiger partial charge is 0.227 e. The highest BCUT2D eigenvalue weighted by Gasteiger charge is 2.52. The van der Waals surface area contributed by atoms with Crippen molar-refractivity contribution in [3.63, 3.8) is 0 Å². The molecule has 0 aromatic heterocycles. The van der Waals surface area contributed by atoms with Crippen molar-refractivity contribution in [3.05, 3.63) is 65.2 Å². The zero-order valence-corrected chi connectivity index (χ0v) is 18.3. The first-order valence-electron chi connectivity index (χ1n) is 11.3. The van der Waals surface area contributed by atoms with Crippen molar-refractivity contribution in [2.24, 2.45) is 5.92 Å². The van der Waals surface area contributed by atoms with Crippen LogP contribution in [0.5, 0.6) is 5.75 Å². The Morgan fingerprint density at radius 2 is 1.81 bits per heavy atom. The number of methoxy groups -OCH3 is 1. The van der Waals surface area contributed by atoms with E-state index in [-0.39, 0.29) is 30.4 Å². The highest BCUT2D eigenvalue weighted by molar-refractivity contribution is 5.81. The molecule has 1 N–H and O–H groups in total. The average molecular weight is 429 g/mol. The number of rotatable bonds is 4. The molecule has 3 atom stereocenters. The molecule has 5 heteroatoms. The van der Waals surface area contributed by atoms with Crippen LogP contribution in [0.4, 0.5) is 0 Å². The molecule has 2 fully saturated rings.